The van der Waals surface area contributed by atoms with Crippen molar-refractivity contribution in [2.75, 3.05) is 126 Å². The summed E-state index contributed by atoms with van der Waals surface area (Å²) >= 11 is 0. The molecule has 0 fully saturated rings. The van der Waals surface area contributed by atoms with Gasteiger partial charge in [0.05, 0.1) is 112 Å². The molecule has 31 heavy (non-hydrogen) atoms. The molecule has 11 heteroatoms. The number of methoxy groups -OCH3 is 1. The van der Waals surface area contributed by atoms with E-state index in [1.807, 2.05) is 0 Å². The molecule has 0 aliphatic rings. The lowest BCUT2D eigenvalue weighted by atomic mass is 10.6. The Balaban J connectivity index is 2.98. The highest BCUT2D eigenvalue weighted by atomic mass is 16.6. The molecule has 0 aromatic rings. The van der Waals surface area contributed by atoms with Crippen LogP contribution in [0, 0.1) is 0 Å². The predicted molar refractivity (Wildman–Crippen MR) is 110 cm³/mol. The molecule has 0 heterocycles. The largest absolute Gasteiger partial charge is 0.465 e. The molecule has 0 unspecified atom stereocenters. The standard InChI is InChI=1S/C20H40O11/c1-22-2-3-23-4-5-24-6-7-25-8-9-26-10-11-27-12-13-28-14-15-29-16-17-30-18-19-31-20-21/h20H,2-19H2,1H3. The molecular weight excluding hydrogens is 416 g/mol. The van der Waals surface area contributed by atoms with Gasteiger partial charge in [0.25, 0.3) is 6.47 Å². The van der Waals surface area contributed by atoms with Crippen LogP contribution in [0.15, 0.2) is 0 Å². The maximum Gasteiger partial charge on any atom is 0.293 e. The van der Waals surface area contributed by atoms with Crippen LogP contribution >= 0.6 is 0 Å². The molecule has 0 radical (unpaired) electrons. The number of carbonyl (C=O) groups excluding carboxylic acids is 1. The van der Waals surface area contributed by atoms with Crippen LogP contribution in [-0.2, 0) is 52.2 Å². The summed E-state index contributed by atoms with van der Waals surface area (Å²) in [4.78, 5) is 9.90. The lowest BCUT2D eigenvalue weighted by molar-refractivity contribution is -0.130. The maximum absolute atomic E-state index is 9.90. The van der Waals surface area contributed by atoms with Crippen molar-refractivity contribution in [3.05, 3.63) is 0 Å². The van der Waals surface area contributed by atoms with Gasteiger partial charge in [0, 0.05) is 7.11 Å². The molecule has 0 atom stereocenters. The van der Waals surface area contributed by atoms with Gasteiger partial charge in [-0.15, -0.1) is 0 Å². The third-order valence-corrected chi connectivity index (χ3v) is 3.45. The highest BCUT2D eigenvalue weighted by Gasteiger charge is 1.95. The molecule has 186 valence electrons. The molecule has 0 spiro atoms. The SMILES string of the molecule is COCCOCCOCCOCCOCCOCCOCCOCCOCCOC=O. The van der Waals surface area contributed by atoms with Gasteiger partial charge in [0.15, 0.2) is 0 Å². The van der Waals surface area contributed by atoms with Crippen molar-refractivity contribution >= 4 is 6.47 Å². The van der Waals surface area contributed by atoms with Crippen molar-refractivity contribution in [3.8, 4) is 0 Å². The van der Waals surface area contributed by atoms with Crippen molar-refractivity contribution in [2.45, 2.75) is 0 Å². The van der Waals surface area contributed by atoms with Crippen LogP contribution in [0.2, 0.25) is 0 Å². The summed E-state index contributed by atoms with van der Waals surface area (Å²) in [5, 5.41) is 0. The smallest absolute Gasteiger partial charge is 0.293 e. The minimum Gasteiger partial charge on any atom is -0.465 e. The first kappa shape index (κ1) is 30.1. The van der Waals surface area contributed by atoms with Gasteiger partial charge in [-0.3, -0.25) is 4.79 Å². The summed E-state index contributed by atoms with van der Waals surface area (Å²) in [6, 6.07) is 0. The average molecular weight is 457 g/mol. The van der Waals surface area contributed by atoms with Crippen LogP contribution in [-0.4, -0.2) is 133 Å². The molecule has 0 saturated carbocycles. The van der Waals surface area contributed by atoms with Crippen LogP contribution in [0.25, 0.3) is 0 Å². The molecule has 0 bridgehead atoms. The van der Waals surface area contributed by atoms with Crippen molar-refractivity contribution in [1.29, 1.82) is 0 Å². The molecule has 11 nitrogen and oxygen atoms in total. The van der Waals surface area contributed by atoms with E-state index in [1.165, 1.54) is 0 Å². The number of hydrogen-bond acceptors (Lipinski definition) is 11. The number of rotatable bonds is 28. The maximum atomic E-state index is 9.90. The van der Waals surface area contributed by atoms with Gasteiger partial charge in [-0.2, -0.15) is 0 Å². The van der Waals surface area contributed by atoms with Crippen molar-refractivity contribution in [1.82, 2.24) is 0 Å². The van der Waals surface area contributed by atoms with Crippen molar-refractivity contribution in [2.24, 2.45) is 0 Å². The number of carbonyl (C=O) groups is 1. The molecule has 0 N–H and O–H groups in total. The zero-order chi connectivity index (χ0) is 22.5. The van der Waals surface area contributed by atoms with Gasteiger partial charge in [-0.1, -0.05) is 0 Å². The summed E-state index contributed by atoms with van der Waals surface area (Å²) < 4.78 is 52.1. The Kier molecular flexibility index (Phi) is 28.3. The minimum absolute atomic E-state index is 0.258. The van der Waals surface area contributed by atoms with Gasteiger partial charge >= 0.3 is 0 Å². The predicted octanol–water partition coefficient (Wildman–Crippen LogP) is -0.0614. The van der Waals surface area contributed by atoms with Gasteiger partial charge in [0.1, 0.15) is 6.61 Å². The van der Waals surface area contributed by atoms with E-state index in [9.17, 15) is 4.79 Å². The van der Waals surface area contributed by atoms with Crippen molar-refractivity contribution in [3.63, 3.8) is 0 Å². The van der Waals surface area contributed by atoms with E-state index in [0.717, 1.165) is 0 Å². The van der Waals surface area contributed by atoms with E-state index < -0.39 is 0 Å². The van der Waals surface area contributed by atoms with Crippen molar-refractivity contribution < 1.29 is 52.2 Å². The van der Waals surface area contributed by atoms with E-state index >= 15 is 0 Å². The zero-order valence-corrected chi connectivity index (χ0v) is 18.8. The summed E-state index contributed by atoms with van der Waals surface area (Å²) in [5.74, 6) is 0. The van der Waals surface area contributed by atoms with Crippen LogP contribution < -0.4 is 0 Å². The Morgan fingerprint density at radius 3 is 0.839 bits per heavy atom. The monoisotopic (exact) mass is 456 g/mol. The van der Waals surface area contributed by atoms with E-state index in [0.29, 0.717) is 119 Å². The third kappa shape index (κ3) is 29.1. The Labute approximate surface area is 185 Å². The molecule has 0 aromatic heterocycles. The summed E-state index contributed by atoms with van der Waals surface area (Å²) in [7, 11) is 1.64. The fourth-order valence-corrected chi connectivity index (χ4v) is 1.94. The summed E-state index contributed by atoms with van der Waals surface area (Å²) in [5.41, 5.74) is 0. The molecule has 0 aliphatic carbocycles. The number of ether oxygens (including phenoxy) is 10. The first-order valence-corrected chi connectivity index (χ1v) is 10.6. The lowest BCUT2D eigenvalue weighted by Gasteiger charge is -2.08. The number of hydrogen-bond donors (Lipinski definition) is 0. The van der Waals surface area contributed by atoms with Crippen LogP contribution in [0.5, 0.6) is 0 Å². The van der Waals surface area contributed by atoms with Gasteiger partial charge < -0.3 is 47.4 Å². The highest BCUT2D eigenvalue weighted by Crippen LogP contribution is 1.86. The summed E-state index contributed by atoms with van der Waals surface area (Å²) in [6.07, 6.45) is 0. The molecule has 0 amide bonds. The third-order valence-electron chi connectivity index (χ3n) is 3.45. The fraction of sp³-hybridized carbons (Fsp3) is 0.950. The normalized spacial score (nSPS) is 11.1. The van der Waals surface area contributed by atoms with Gasteiger partial charge in [0.2, 0.25) is 0 Å². The second-order valence-corrected chi connectivity index (χ2v) is 5.86. The Hall–Kier alpha value is -0.890. The highest BCUT2D eigenvalue weighted by molar-refractivity contribution is 5.36. The summed E-state index contributed by atoms with van der Waals surface area (Å²) in [6.45, 7) is 9.36. The fourth-order valence-electron chi connectivity index (χ4n) is 1.94. The second-order valence-electron chi connectivity index (χ2n) is 5.86. The average Bonchev–Trinajstić information content (AvgIpc) is 2.78. The Morgan fingerprint density at radius 1 is 0.387 bits per heavy atom. The molecule has 0 rings (SSSR count). The van der Waals surface area contributed by atoms with E-state index in [2.05, 4.69) is 4.74 Å². The van der Waals surface area contributed by atoms with Gasteiger partial charge in [-0.25, -0.2) is 0 Å². The second kappa shape index (κ2) is 29.1. The molecule has 0 aromatic carbocycles. The Bertz CT molecular complexity index is 334. The first-order valence-electron chi connectivity index (χ1n) is 10.6. The lowest BCUT2D eigenvalue weighted by Crippen LogP contribution is -2.15. The quantitative estimate of drug-likeness (QED) is 0.117. The zero-order valence-electron chi connectivity index (χ0n) is 18.8. The Morgan fingerprint density at radius 2 is 0.613 bits per heavy atom. The molecule has 0 saturated heterocycles. The first-order chi connectivity index (χ1) is 15.4. The van der Waals surface area contributed by atoms with Crippen LogP contribution in [0.4, 0.5) is 0 Å². The minimum atomic E-state index is 0.258. The van der Waals surface area contributed by atoms with E-state index in [-0.39, 0.29) is 6.61 Å². The van der Waals surface area contributed by atoms with E-state index in [1.54, 1.807) is 7.11 Å². The molecular formula is C20H40O11. The van der Waals surface area contributed by atoms with Gasteiger partial charge in [-0.05, 0) is 0 Å². The van der Waals surface area contributed by atoms with Crippen LogP contribution in [0.1, 0.15) is 0 Å². The topological polar surface area (TPSA) is 109 Å². The van der Waals surface area contributed by atoms with E-state index in [4.69, 9.17) is 42.6 Å². The molecule has 0 aliphatic heterocycles. The van der Waals surface area contributed by atoms with Crippen LogP contribution in [0.3, 0.4) is 0 Å².